The molecular formula is C17H28N4. The van der Waals surface area contributed by atoms with Gasteiger partial charge in [-0.15, -0.1) is 0 Å². The molecule has 1 N–H and O–H groups in total. The summed E-state index contributed by atoms with van der Waals surface area (Å²) in [7, 11) is 6.27. The van der Waals surface area contributed by atoms with Gasteiger partial charge in [-0.25, -0.2) is 0 Å². The van der Waals surface area contributed by atoms with Gasteiger partial charge < -0.3 is 10.2 Å². The molecule has 0 saturated heterocycles. The molecule has 0 radical (unpaired) electrons. The van der Waals surface area contributed by atoms with Crippen LogP contribution in [0.25, 0.3) is 10.9 Å². The highest BCUT2D eigenvalue weighted by atomic mass is 15.3. The topological polar surface area (TPSA) is 33.1 Å². The lowest BCUT2D eigenvalue weighted by Crippen LogP contribution is -2.38. The molecule has 1 heterocycles. The summed E-state index contributed by atoms with van der Waals surface area (Å²) in [5, 5.41) is 9.60. The summed E-state index contributed by atoms with van der Waals surface area (Å²) in [5.74, 6) is 0.697. The summed E-state index contributed by atoms with van der Waals surface area (Å²) in [4.78, 5) is 2.25. The Hall–Kier alpha value is -1.39. The van der Waals surface area contributed by atoms with Crippen LogP contribution >= 0.6 is 0 Å². The lowest BCUT2D eigenvalue weighted by atomic mass is 10.0. The molecule has 0 saturated carbocycles. The summed E-state index contributed by atoms with van der Waals surface area (Å²) >= 11 is 0. The third-order valence-electron chi connectivity index (χ3n) is 3.73. The number of hydrogen-bond acceptors (Lipinski definition) is 3. The van der Waals surface area contributed by atoms with Crippen LogP contribution in [0.2, 0.25) is 0 Å². The predicted molar refractivity (Wildman–Crippen MR) is 89.4 cm³/mol. The number of para-hydroxylation sites is 1. The van der Waals surface area contributed by atoms with Crippen LogP contribution in [0.3, 0.4) is 0 Å². The minimum atomic E-state index is 0.501. The number of hydrogen-bond donors (Lipinski definition) is 1. The van der Waals surface area contributed by atoms with Crippen LogP contribution in [0.15, 0.2) is 24.3 Å². The van der Waals surface area contributed by atoms with Crippen molar-refractivity contribution in [3.8, 4) is 0 Å². The summed E-state index contributed by atoms with van der Waals surface area (Å²) in [5.41, 5.74) is 2.34. The Labute approximate surface area is 128 Å². The lowest BCUT2D eigenvalue weighted by Gasteiger charge is -2.23. The van der Waals surface area contributed by atoms with Crippen LogP contribution in [0.4, 0.5) is 0 Å². The number of nitrogens with one attached hydrogen (secondary N) is 1. The first-order valence-corrected chi connectivity index (χ1v) is 7.76. The van der Waals surface area contributed by atoms with Gasteiger partial charge in [-0.1, -0.05) is 32.0 Å². The van der Waals surface area contributed by atoms with Crippen molar-refractivity contribution in [2.45, 2.75) is 32.9 Å². The molecule has 0 bridgehead atoms. The predicted octanol–water partition coefficient (Wildman–Crippen LogP) is 2.64. The summed E-state index contributed by atoms with van der Waals surface area (Å²) < 4.78 is 1.97. The molecule has 1 aromatic heterocycles. The largest absolute Gasteiger partial charge is 0.308 e. The van der Waals surface area contributed by atoms with Crippen LogP contribution in [-0.2, 0) is 13.6 Å². The lowest BCUT2D eigenvalue weighted by molar-refractivity contribution is 0.304. The van der Waals surface area contributed by atoms with Crippen molar-refractivity contribution in [3.63, 3.8) is 0 Å². The molecular weight excluding hydrogens is 260 g/mol. The first kappa shape index (κ1) is 16.0. The number of benzene rings is 1. The zero-order chi connectivity index (χ0) is 15.4. The highest BCUT2D eigenvalue weighted by Gasteiger charge is 2.14. The van der Waals surface area contributed by atoms with E-state index in [9.17, 15) is 0 Å². The maximum atomic E-state index is 4.66. The second kappa shape index (κ2) is 7.05. The summed E-state index contributed by atoms with van der Waals surface area (Å²) in [6.45, 7) is 6.44. The molecule has 4 nitrogen and oxygen atoms in total. The van der Waals surface area contributed by atoms with E-state index in [0.29, 0.717) is 12.0 Å². The third kappa shape index (κ3) is 4.29. The maximum absolute atomic E-state index is 4.66. The highest BCUT2D eigenvalue weighted by Crippen LogP contribution is 2.17. The Morgan fingerprint density at radius 1 is 1.24 bits per heavy atom. The minimum absolute atomic E-state index is 0.501. The van der Waals surface area contributed by atoms with E-state index in [0.717, 1.165) is 18.8 Å². The number of rotatable bonds is 7. The van der Waals surface area contributed by atoms with E-state index in [1.165, 1.54) is 17.3 Å². The molecule has 0 aliphatic carbocycles. The molecule has 21 heavy (non-hydrogen) atoms. The minimum Gasteiger partial charge on any atom is -0.308 e. The van der Waals surface area contributed by atoms with E-state index in [1.54, 1.807) is 0 Å². The summed E-state index contributed by atoms with van der Waals surface area (Å²) in [6, 6.07) is 8.93. The average molecular weight is 288 g/mol. The Morgan fingerprint density at radius 2 is 1.95 bits per heavy atom. The molecule has 4 heteroatoms. The summed E-state index contributed by atoms with van der Waals surface area (Å²) in [6.07, 6.45) is 1.18. The van der Waals surface area contributed by atoms with E-state index in [-0.39, 0.29) is 0 Å². The standard InChI is InChI=1S/C17H28N4/c1-13(2)10-14(12-20(3)4)18-11-16-15-8-6-7-9-17(15)21(5)19-16/h6-9,13-14,18H,10-12H2,1-5H3. The molecule has 1 atom stereocenters. The van der Waals surface area contributed by atoms with E-state index >= 15 is 0 Å². The maximum Gasteiger partial charge on any atom is 0.0841 e. The Balaban J connectivity index is 2.08. The molecule has 0 spiro atoms. The van der Waals surface area contributed by atoms with Crippen LogP contribution in [0.1, 0.15) is 26.0 Å². The van der Waals surface area contributed by atoms with Crippen molar-refractivity contribution in [3.05, 3.63) is 30.0 Å². The van der Waals surface area contributed by atoms with Crippen molar-refractivity contribution in [2.24, 2.45) is 13.0 Å². The van der Waals surface area contributed by atoms with Gasteiger partial charge >= 0.3 is 0 Å². The Kier molecular flexibility index (Phi) is 5.37. The molecule has 0 aliphatic heterocycles. The van der Waals surface area contributed by atoms with Crippen LogP contribution < -0.4 is 5.32 Å². The number of aryl methyl sites for hydroxylation is 1. The SMILES string of the molecule is CC(C)CC(CN(C)C)NCc1nn(C)c2ccccc12. The monoisotopic (exact) mass is 288 g/mol. The van der Waals surface area contributed by atoms with Gasteiger partial charge in [-0.2, -0.15) is 5.10 Å². The van der Waals surface area contributed by atoms with Crippen LogP contribution in [0.5, 0.6) is 0 Å². The number of fused-ring (bicyclic) bond motifs is 1. The molecule has 116 valence electrons. The normalized spacial score (nSPS) is 13.5. The molecule has 0 fully saturated rings. The van der Waals surface area contributed by atoms with Crippen molar-refractivity contribution in [1.82, 2.24) is 20.0 Å². The Morgan fingerprint density at radius 3 is 2.62 bits per heavy atom. The van der Waals surface area contributed by atoms with Gasteiger partial charge in [0.2, 0.25) is 0 Å². The fraction of sp³-hybridized carbons (Fsp3) is 0.588. The highest BCUT2D eigenvalue weighted by molar-refractivity contribution is 5.81. The quantitative estimate of drug-likeness (QED) is 0.850. The van der Waals surface area contributed by atoms with Crippen LogP contribution in [-0.4, -0.2) is 41.4 Å². The van der Waals surface area contributed by atoms with E-state index in [2.05, 4.69) is 67.5 Å². The van der Waals surface area contributed by atoms with E-state index in [1.807, 2.05) is 11.7 Å². The third-order valence-corrected chi connectivity index (χ3v) is 3.73. The number of aromatic nitrogens is 2. The van der Waals surface area contributed by atoms with Gasteiger partial charge in [0.25, 0.3) is 0 Å². The molecule has 1 unspecified atom stereocenters. The first-order valence-electron chi connectivity index (χ1n) is 7.76. The molecule has 0 aliphatic rings. The van der Waals surface area contributed by atoms with Gasteiger partial charge in [0.05, 0.1) is 11.2 Å². The van der Waals surface area contributed by atoms with Gasteiger partial charge in [-0.3, -0.25) is 4.68 Å². The molecule has 1 aromatic carbocycles. The smallest absolute Gasteiger partial charge is 0.0841 e. The Bertz CT molecular complexity index is 561. The number of likely N-dealkylation sites (N-methyl/N-ethyl adjacent to an activating group) is 1. The average Bonchev–Trinajstić information content (AvgIpc) is 2.72. The van der Waals surface area contributed by atoms with Gasteiger partial charge in [-0.05, 0) is 32.5 Å². The fourth-order valence-electron chi connectivity index (χ4n) is 2.89. The second-order valence-corrected chi connectivity index (χ2v) is 6.56. The molecule has 2 rings (SSSR count). The zero-order valence-corrected chi connectivity index (χ0v) is 13.9. The fourth-order valence-corrected chi connectivity index (χ4v) is 2.89. The van der Waals surface area contributed by atoms with Gasteiger partial charge in [0.1, 0.15) is 0 Å². The van der Waals surface area contributed by atoms with Gasteiger partial charge in [0, 0.05) is 31.6 Å². The van der Waals surface area contributed by atoms with Crippen molar-refractivity contribution in [1.29, 1.82) is 0 Å². The van der Waals surface area contributed by atoms with Crippen molar-refractivity contribution >= 4 is 10.9 Å². The second-order valence-electron chi connectivity index (χ2n) is 6.56. The van der Waals surface area contributed by atoms with Crippen LogP contribution in [0, 0.1) is 5.92 Å². The van der Waals surface area contributed by atoms with Crippen molar-refractivity contribution in [2.75, 3.05) is 20.6 Å². The van der Waals surface area contributed by atoms with E-state index < -0.39 is 0 Å². The van der Waals surface area contributed by atoms with E-state index in [4.69, 9.17) is 0 Å². The first-order chi connectivity index (χ1) is 9.97. The molecule has 2 aromatic rings. The molecule has 0 amide bonds. The van der Waals surface area contributed by atoms with Crippen molar-refractivity contribution < 1.29 is 0 Å². The zero-order valence-electron chi connectivity index (χ0n) is 13.9. The number of nitrogens with zero attached hydrogens (tertiary/aromatic N) is 3. The van der Waals surface area contributed by atoms with Gasteiger partial charge in [0.15, 0.2) is 0 Å².